The Balaban J connectivity index is 1.33. The number of fused-ring (bicyclic) bond motifs is 3. The minimum absolute atomic E-state index is 0.0567. The van der Waals surface area contributed by atoms with E-state index in [1.807, 2.05) is 25.1 Å². The van der Waals surface area contributed by atoms with Crippen LogP contribution in [0.1, 0.15) is 86.2 Å². The first-order valence-electron chi connectivity index (χ1n) is 17.8. The van der Waals surface area contributed by atoms with Gasteiger partial charge in [0.2, 0.25) is 0 Å². The Bertz CT molecular complexity index is 1570. The standard InChI is InChI=1S/C38H49ClN2O6S/c1-26-5-4-7-35(47-37(42)15-8-27-16-19-45-20-17-27)33-13-10-31(33)24-41-23-30-9-12-32(39)21-28(30)6-2-3-18-46-36-14-11-29(22-34(36)41)38(43)40-48(44)25-26/h4,7,9,11-12,14,21-22,26-27,31,33,35,48H,2-3,5-6,8,10,13,15-20,23-25H2,1H3/b7-4+/t26-,31-,33+,35-/m0/s1. The second-order valence-electron chi connectivity index (χ2n) is 14.0. The third kappa shape index (κ3) is 9.21. The Labute approximate surface area is 291 Å². The molecule has 1 saturated heterocycles. The number of halogens is 1. The summed E-state index contributed by atoms with van der Waals surface area (Å²) in [4.78, 5) is 28.9. The predicted molar refractivity (Wildman–Crippen MR) is 190 cm³/mol. The maximum atomic E-state index is 13.3. The molecule has 0 spiro atoms. The Morgan fingerprint density at radius 3 is 2.73 bits per heavy atom. The molecule has 1 amide bonds. The topological polar surface area (TPSA) is 94.5 Å². The number of ether oxygens (including phenoxy) is 3. The molecule has 2 aromatic rings. The summed E-state index contributed by atoms with van der Waals surface area (Å²) < 4.78 is 35.2. The van der Waals surface area contributed by atoms with E-state index in [-0.39, 0.29) is 29.8 Å². The number of nitrogens with zero attached hydrogens (tertiary/aromatic N) is 2. The number of aryl methyl sites for hydroxylation is 1. The molecule has 0 N–H and O–H groups in total. The first-order valence-corrected chi connectivity index (χ1v) is 19.5. The molecule has 3 heterocycles. The van der Waals surface area contributed by atoms with E-state index in [1.54, 1.807) is 6.07 Å². The minimum atomic E-state index is -2.08. The summed E-state index contributed by atoms with van der Waals surface area (Å²) in [5, 5.41) is 0.721. The number of anilines is 1. The minimum Gasteiger partial charge on any atom is -0.491 e. The van der Waals surface area contributed by atoms with Crippen molar-refractivity contribution in [1.82, 2.24) is 0 Å². The van der Waals surface area contributed by atoms with Crippen molar-refractivity contribution in [2.45, 2.75) is 83.8 Å². The molecule has 6 rings (SSSR count). The second kappa shape index (κ2) is 16.7. The van der Waals surface area contributed by atoms with Crippen molar-refractivity contribution in [2.24, 2.45) is 28.0 Å². The third-order valence-corrected chi connectivity index (χ3v) is 12.0. The molecule has 4 aliphatic rings. The van der Waals surface area contributed by atoms with Crippen LogP contribution in [0.4, 0.5) is 5.69 Å². The van der Waals surface area contributed by atoms with E-state index in [1.165, 1.54) is 11.1 Å². The number of carbonyl (C=O) groups is 2. The molecule has 2 fully saturated rings. The van der Waals surface area contributed by atoms with Crippen molar-refractivity contribution in [3.63, 3.8) is 0 Å². The summed E-state index contributed by atoms with van der Waals surface area (Å²) in [6, 6.07) is 11.6. The van der Waals surface area contributed by atoms with Crippen LogP contribution in [0.3, 0.4) is 0 Å². The van der Waals surface area contributed by atoms with Gasteiger partial charge in [-0.25, -0.2) is 0 Å². The zero-order valence-electron chi connectivity index (χ0n) is 28.0. The summed E-state index contributed by atoms with van der Waals surface area (Å²) in [7, 11) is -2.08. The molecule has 1 aliphatic carbocycles. The van der Waals surface area contributed by atoms with Crippen molar-refractivity contribution < 1.29 is 28.0 Å². The number of esters is 1. The fraction of sp³-hybridized carbons (Fsp3) is 0.579. The average Bonchev–Trinajstić information content (AvgIpc) is 3.08. The summed E-state index contributed by atoms with van der Waals surface area (Å²) in [5.41, 5.74) is 3.63. The van der Waals surface area contributed by atoms with Gasteiger partial charge in [-0.15, -0.1) is 0 Å². The average molecular weight is 697 g/mol. The molecule has 3 aliphatic heterocycles. The zero-order chi connectivity index (χ0) is 33.5. The lowest BCUT2D eigenvalue weighted by Crippen LogP contribution is -2.44. The van der Waals surface area contributed by atoms with Crippen LogP contribution in [0.5, 0.6) is 5.75 Å². The van der Waals surface area contributed by atoms with E-state index in [4.69, 9.17) is 25.8 Å². The lowest BCUT2D eigenvalue weighted by molar-refractivity contribution is -0.152. The van der Waals surface area contributed by atoms with Crippen molar-refractivity contribution in [3.8, 4) is 5.75 Å². The van der Waals surface area contributed by atoms with Gasteiger partial charge >= 0.3 is 5.97 Å². The number of thiol groups is 1. The molecular formula is C38H49ClN2O6S. The number of hydrogen-bond donors (Lipinski definition) is 1. The quantitative estimate of drug-likeness (QED) is 0.200. The van der Waals surface area contributed by atoms with Crippen LogP contribution in [0.2, 0.25) is 5.02 Å². The highest BCUT2D eigenvalue weighted by atomic mass is 35.5. The van der Waals surface area contributed by atoms with Crippen molar-refractivity contribution >= 4 is 39.8 Å². The molecular weight excluding hydrogens is 648 g/mol. The molecule has 2 bridgehead atoms. The number of amides is 1. The van der Waals surface area contributed by atoms with E-state index < -0.39 is 16.5 Å². The highest BCUT2D eigenvalue weighted by Crippen LogP contribution is 2.42. The van der Waals surface area contributed by atoms with Crippen molar-refractivity contribution in [3.05, 3.63) is 70.3 Å². The van der Waals surface area contributed by atoms with Gasteiger partial charge in [0.15, 0.2) is 0 Å². The Hall–Kier alpha value is -2.88. The largest absolute Gasteiger partial charge is 0.491 e. The van der Waals surface area contributed by atoms with Gasteiger partial charge < -0.3 is 19.1 Å². The third-order valence-electron chi connectivity index (χ3n) is 10.4. The maximum absolute atomic E-state index is 13.3. The highest BCUT2D eigenvalue weighted by Gasteiger charge is 2.39. The van der Waals surface area contributed by atoms with E-state index in [9.17, 15) is 13.8 Å². The van der Waals surface area contributed by atoms with Crippen LogP contribution in [-0.4, -0.2) is 54.3 Å². The second-order valence-corrected chi connectivity index (χ2v) is 15.7. The number of allylic oxidation sites excluding steroid dienone is 1. The van der Waals surface area contributed by atoms with Crippen molar-refractivity contribution in [1.29, 1.82) is 0 Å². The SMILES string of the molecule is C[C@H]1C/C=C/[C@H](OC(=O)CCC2CCOCC2)[C@@H]2CC[C@H]2CN2Cc3ccc(Cl)cc3CCCCOc3ccc(cc32)C(=O)/N=[SH](=O)\C1. The summed E-state index contributed by atoms with van der Waals surface area (Å²) in [6.45, 7) is 5.42. The Morgan fingerprint density at radius 1 is 1.06 bits per heavy atom. The molecule has 0 aromatic heterocycles. The van der Waals surface area contributed by atoms with Gasteiger partial charge in [-0.05, 0) is 123 Å². The first kappa shape index (κ1) is 35.0. The van der Waals surface area contributed by atoms with Gasteiger partial charge in [0.05, 0.1) is 12.3 Å². The number of benzene rings is 2. The van der Waals surface area contributed by atoms with Gasteiger partial charge in [0, 0.05) is 65.6 Å². The highest BCUT2D eigenvalue weighted by molar-refractivity contribution is 7.75. The van der Waals surface area contributed by atoms with Gasteiger partial charge in [-0.2, -0.15) is 4.36 Å². The van der Waals surface area contributed by atoms with Crippen molar-refractivity contribution in [2.75, 3.05) is 37.0 Å². The number of rotatable bonds is 4. The van der Waals surface area contributed by atoms with Gasteiger partial charge in [0.1, 0.15) is 11.9 Å². The van der Waals surface area contributed by atoms with Crippen LogP contribution in [0.25, 0.3) is 0 Å². The maximum Gasteiger partial charge on any atom is 0.306 e. The molecule has 48 heavy (non-hydrogen) atoms. The van der Waals surface area contributed by atoms with Crippen LogP contribution in [0, 0.1) is 23.7 Å². The lowest BCUT2D eigenvalue weighted by atomic mass is 9.70. The van der Waals surface area contributed by atoms with Crippen LogP contribution >= 0.6 is 11.6 Å². The Kier molecular flexibility index (Phi) is 12.2. The Morgan fingerprint density at radius 2 is 1.92 bits per heavy atom. The summed E-state index contributed by atoms with van der Waals surface area (Å²) >= 11 is 6.46. The van der Waals surface area contributed by atoms with Gasteiger partial charge in [-0.1, -0.05) is 30.7 Å². The molecule has 260 valence electrons. The molecule has 2 aromatic carbocycles. The smallest absolute Gasteiger partial charge is 0.306 e. The van der Waals surface area contributed by atoms with Crippen LogP contribution < -0.4 is 9.64 Å². The zero-order valence-corrected chi connectivity index (χ0v) is 29.6. The fourth-order valence-electron chi connectivity index (χ4n) is 7.41. The van der Waals surface area contributed by atoms with E-state index >= 15 is 0 Å². The molecule has 8 nitrogen and oxygen atoms in total. The normalized spacial score (nSPS) is 28.2. The molecule has 5 atom stereocenters. The van der Waals surface area contributed by atoms with Crippen LogP contribution in [0.15, 0.2) is 52.9 Å². The molecule has 10 heteroatoms. The van der Waals surface area contributed by atoms with Crippen LogP contribution in [-0.2, 0) is 37.8 Å². The molecule has 1 unspecified atom stereocenters. The summed E-state index contributed by atoms with van der Waals surface area (Å²) in [5.74, 6) is 1.41. The van der Waals surface area contributed by atoms with E-state index in [0.29, 0.717) is 49.8 Å². The molecule has 1 saturated carbocycles. The lowest BCUT2D eigenvalue weighted by Gasteiger charge is -2.43. The monoisotopic (exact) mass is 696 g/mol. The number of hydrogen-bond acceptors (Lipinski definition) is 7. The van der Waals surface area contributed by atoms with E-state index in [2.05, 4.69) is 33.5 Å². The predicted octanol–water partition coefficient (Wildman–Crippen LogP) is 7.61. The summed E-state index contributed by atoms with van der Waals surface area (Å²) in [6.07, 6.45) is 12.4. The van der Waals surface area contributed by atoms with E-state index in [0.717, 1.165) is 81.0 Å². The first-order chi connectivity index (χ1) is 23.3. The molecule has 0 radical (unpaired) electrons. The van der Waals surface area contributed by atoms with Gasteiger partial charge in [-0.3, -0.25) is 13.8 Å². The van der Waals surface area contributed by atoms with Gasteiger partial charge in [0.25, 0.3) is 5.91 Å². The number of carbonyl (C=O) groups excluding carboxylic acids is 2. The fourth-order valence-corrected chi connectivity index (χ4v) is 8.69.